The van der Waals surface area contributed by atoms with Crippen molar-refractivity contribution in [3.05, 3.63) is 35.9 Å². The SMILES string of the molecule is CC(CN)C(=O)NC1CCCC1c1ccccc1.Cl. The van der Waals surface area contributed by atoms with Crippen LogP contribution in [0.2, 0.25) is 0 Å². The number of rotatable bonds is 4. The van der Waals surface area contributed by atoms with Gasteiger partial charge in [-0.15, -0.1) is 12.4 Å². The Morgan fingerprint density at radius 2 is 2.05 bits per heavy atom. The number of hydrogen-bond donors (Lipinski definition) is 2. The standard InChI is InChI=1S/C15H22N2O.ClH/c1-11(10-16)15(18)17-14-9-5-8-13(14)12-6-3-2-4-7-12;/h2-4,6-7,11,13-14H,5,8-10,16H2,1H3,(H,17,18);1H. The maximum Gasteiger partial charge on any atom is 0.224 e. The number of carbonyl (C=O) groups is 1. The maximum absolute atomic E-state index is 11.9. The van der Waals surface area contributed by atoms with Gasteiger partial charge < -0.3 is 11.1 Å². The summed E-state index contributed by atoms with van der Waals surface area (Å²) in [6.07, 6.45) is 3.41. The van der Waals surface area contributed by atoms with Crippen LogP contribution in [0.4, 0.5) is 0 Å². The Kier molecular flexibility index (Phi) is 6.32. The first-order valence-corrected chi connectivity index (χ1v) is 6.77. The minimum Gasteiger partial charge on any atom is -0.352 e. The van der Waals surface area contributed by atoms with Gasteiger partial charge in [0.15, 0.2) is 0 Å². The quantitative estimate of drug-likeness (QED) is 0.891. The van der Waals surface area contributed by atoms with Crippen LogP contribution in [0.1, 0.15) is 37.7 Å². The predicted molar refractivity (Wildman–Crippen MR) is 80.4 cm³/mol. The van der Waals surface area contributed by atoms with E-state index in [-0.39, 0.29) is 30.3 Å². The normalized spacial score (nSPS) is 23.5. The lowest BCUT2D eigenvalue weighted by atomic mass is 9.94. The van der Waals surface area contributed by atoms with Crippen LogP contribution >= 0.6 is 12.4 Å². The molecular formula is C15H23ClN2O. The minimum absolute atomic E-state index is 0. The van der Waals surface area contributed by atoms with E-state index in [0.29, 0.717) is 12.5 Å². The third kappa shape index (κ3) is 3.95. The van der Waals surface area contributed by atoms with Crippen molar-refractivity contribution in [1.82, 2.24) is 5.32 Å². The van der Waals surface area contributed by atoms with Gasteiger partial charge in [-0.3, -0.25) is 4.79 Å². The molecule has 0 aromatic heterocycles. The van der Waals surface area contributed by atoms with Crippen molar-refractivity contribution in [1.29, 1.82) is 0 Å². The van der Waals surface area contributed by atoms with Crippen LogP contribution in [0.3, 0.4) is 0 Å². The second kappa shape index (κ2) is 7.51. The van der Waals surface area contributed by atoms with Crippen molar-refractivity contribution < 1.29 is 4.79 Å². The van der Waals surface area contributed by atoms with Gasteiger partial charge in [0.05, 0.1) is 0 Å². The molecule has 0 spiro atoms. The highest BCUT2D eigenvalue weighted by atomic mass is 35.5. The molecule has 106 valence electrons. The number of nitrogens with one attached hydrogen (secondary N) is 1. The van der Waals surface area contributed by atoms with Crippen molar-refractivity contribution in [2.75, 3.05) is 6.54 Å². The van der Waals surface area contributed by atoms with Crippen LogP contribution in [0.5, 0.6) is 0 Å². The van der Waals surface area contributed by atoms with Gasteiger partial charge in [0.1, 0.15) is 0 Å². The molecule has 1 aromatic rings. The Labute approximate surface area is 121 Å². The molecule has 1 amide bonds. The van der Waals surface area contributed by atoms with E-state index in [2.05, 4.69) is 29.6 Å². The maximum atomic E-state index is 11.9. The molecule has 0 radical (unpaired) electrons. The van der Waals surface area contributed by atoms with Crippen LogP contribution in [0.15, 0.2) is 30.3 Å². The summed E-state index contributed by atoms with van der Waals surface area (Å²) < 4.78 is 0. The average Bonchev–Trinajstić information content (AvgIpc) is 2.86. The Bertz CT molecular complexity index is 396. The first-order chi connectivity index (χ1) is 8.72. The lowest BCUT2D eigenvalue weighted by Crippen LogP contribution is -2.41. The molecule has 1 aliphatic carbocycles. The van der Waals surface area contributed by atoms with Crippen molar-refractivity contribution in [3.63, 3.8) is 0 Å². The molecule has 0 bridgehead atoms. The Morgan fingerprint density at radius 1 is 1.37 bits per heavy atom. The third-order valence-electron chi connectivity index (χ3n) is 3.87. The highest BCUT2D eigenvalue weighted by Gasteiger charge is 2.30. The van der Waals surface area contributed by atoms with Crippen molar-refractivity contribution in [3.8, 4) is 0 Å². The molecule has 0 heterocycles. The molecule has 2 rings (SSSR count). The summed E-state index contributed by atoms with van der Waals surface area (Å²) >= 11 is 0. The highest BCUT2D eigenvalue weighted by Crippen LogP contribution is 2.34. The van der Waals surface area contributed by atoms with Crippen molar-refractivity contribution in [2.45, 2.75) is 38.1 Å². The molecule has 0 saturated heterocycles. The van der Waals surface area contributed by atoms with Gasteiger partial charge in [-0.2, -0.15) is 0 Å². The van der Waals surface area contributed by atoms with Crippen LogP contribution < -0.4 is 11.1 Å². The van der Waals surface area contributed by atoms with Crippen LogP contribution in [0, 0.1) is 5.92 Å². The number of halogens is 1. The molecule has 1 saturated carbocycles. The first-order valence-electron chi connectivity index (χ1n) is 6.77. The van der Waals surface area contributed by atoms with E-state index >= 15 is 0 Å². The van der Waals surface area contributed by atoms with E-state index in [9.17, 15) is 4.79 Å². The topological polar surface area (TPSA) is 55.1 Å². The van der Waals surface area contributed by atoms with Gasteiger partial charge in [0, 0.05) is 24.4 Å². The fraction of sp³-hybridized carbons (Fsp3) is 0.533. The summed E-state index contributed by atoms with van der Waals surface area (Å²) in [5.41, 5.74) is 6.87. The van der Waals surface area contributed by atoms with E-state index < -0.39 is 0 Å². The van der Waals surface area contributed by atoms with E-state index in [1.807, 2.05) is 13.0 Å². The summed E-state index contributed by atoms with van der Waals surface area (Å²) in [5.74, 6) is 0.451. The smallest absolute Gasteiger partial charge is 0.224 e. The molecule has 3 nitrogen and oxygen atoms in total. The lowest BCUT2D eigenvalue weighted by Gasteiger charge is -2.23. The summed E-state index contributed by atoms with van der Waals surface area (Å²) in [6.45, 7) is 2.29. The molecule has 1 fully saturated rings. The van der Waals surface area contributed by atoms with Gasteiger partial charge in [0.25, 0.3) is 0 Å². The predicted octanol–water partition coefficient (Wildman–Crippen LogP) is 2.46. The van der Waals surface area contributed by atoms with E-state index in [0.717, 1.165) is 12.8 Å². The fourth-order valence-electron chi connectivity index (χ4n) is 2.66. The lowest BCUT2D eigenvalue weighted by molar-refractivity contribution is -0.125. The van der Waals surface area contributed by atoms with Gasteiger partial charge in [-0.25, -0.2) is 0 Å². The van der Waals surface area contributed by atoms with Gasteiger partial charge in [-0.1, -0.05) is 43.7 Å². The number of nitrogens with two attached hydrogens (primary N) is 1. The molecule has 4 heteroatoms. The van der Waals surface area contributed by atoms with Crippen molar-refractivity contribution >= 4 is 18.3 Å². The summed E-state index contributed by atoms with van der Waals surface area (Å²) in [4.78, 5) is 11.9. The van der Waals surface area contributed by atoms with Crippen LogP contribution in [-0.4, -0.2) is 18.5 Å². The molecule has 1 aromatic carbocycles. The molecule has 3 atom stereocenters. The molecule has 3 unspecified atom stereocenters. The molecule has 0 aliphatic heterocycles. The largest absolute Gasteiger partial charge is 0.352 e. The molecular weight excluding hydrogens is 260 g/mol. The second-order valence-corrected chi connectivity index (χ2v) is 5.20. The monoisotopic (exact) mass is 282 g/mol. The first kappa shape index (κ1) is 16.0. The number of amides is 1. The fourth-order valence-corrected chi connectivity index (χ4v) is 2.66. The zero-order valence-corrected chi connectivity index (χ0v) is 12.2. The summed E-state index contributed by atoms with van der Waals surface area (Å²) in [6, 6.07) is 10.7. The number of benzene rings is 1. The summed E-state index contributed by atoms with van der Waals surface area (Å²) in [7, 11) is 0. The van der Waals surface area contributed by atoms with E-state index in [1.54, 1.807) is 0 Å². The average molecular weight is 283 g/mol. The van der Waals surface area contributed by atoms with E-state index in [1.165, 1.54) is 12.0 Å². The summed E-state index contributed by atoms with van der Waals surface area (Å²) in [5, 5.41) is 3.16. The van der Waals surface area contributed by atoms with Gasteiger partial charge >= 0.3 is 0 Å². The second-order valence-electron chi connectivity index (χ2n) is 5.20. The zero-order valence-electron chi connectivity index (χ0n) is 11.3. The van der Waals surface area contributed by atoms with Crippen LogP contribution in [-0.2, 0) is 4.79 Å². The van der Waals surface area contributed by atoms with Gasteiger partial charge in [0.2, 0.25) is 5.91 Å². The highest BCUT2D eigenvalue weighted by molar-refractivity contribution is 5.85. The molecule has 3 N–H and O–H groups in total. The number of hydrogen-bond acceptors (Lipinski definition) is 2. The Hall–Kier alpha value is -1.06. The number of carbonyl (C=O) groups excluding carboxylic acids is 1. The Morgan fingerprint density at radius 3 is 2.68 bits per heavy atom. The van der Waals surface area contributed by atoms with Gasteiger partial charge in [-0.05, 0) is 18.4 Å². The van der Waals surface area contributed by atoms with Crippen LogP contribution in [0.25, 0.3) is 0 Å². The zero-order chi connectivity index (χ0) is 13.0. The Balaban J connectivity index is 0.00000180. The molecule has 19 heavy (non-hydrogen) atoms. The third-order valence-corrected chi connectivity index (χ3v) is 3.87. The minimum atomic E-state index is -0.0953. The van der Waals surface area contributed by atoms with E-state index in [4.69, 9.17) is 5.73 Å². The van der Waals surface area contributed by atoms with Crippen molar-refractivity contribution in [2.24, 2.45) is 11.7 Å². The molecule has 1 aliphatic rings.